The molecule has 1 aromatic carbocycles. The van der Waals surface area contributed by atoms with Gasteiger partial charge >= 0.3 is 6.03 Å². The van der Waals surface area contributed by atoms with E-state index in [0.29, 0.717) is 34.1 Å². The van der Waals surface area contributed by atoms with Gasteiger partial charge in [0.25, 0.3) is 0 Å². The lowest BCUT2D eigenvalue weighted by molar-refractivity contribution is 0.255. The number of sulfone groups is 1. The molecule has 0 saturated carbocycles. The third-order valence-electron chi connectivity index (χ3n) is 6.30. The Morgan fingerprint density at radius 3 is 2.68 bits per heavy atom. The molecule has 11 heteroatoms. The molecule has 190 valence electrons. The number of fused-ring (bicyclic) bond motifs is 1. The van der Waals surface area contributed by atoms with Crippen molar-refractivity contribution in [2.75, 3.05) is 35.0 Å². The predicted molar refractivity (Wildman–Crippen MR) is 141 cm³/mol. The molecule has 5 rings (SSSR count). The minimum Gasteiger partial charge on any atom is -0.443 e. The van der Waals surface area contributed by atoms with Crippen molar-refractivity contribution >= 4 is 33.1 Å². The van der Waals surface area contributed by atoms with Crippen molar-refractivity contribution in [2.24, 2.45) is 0 Å². The number of nitrogens with zero attached hydrogens (tertiary/aromatic N) is 5. The van der Waals surface area contributed by atoms with Crippen LogP contribution in [-0.2, 0) is 9.84 Å². The largest absolute Gasteiger partial charge is 0.443 e. The Bertz CT molecular complexity index is 1560. The van der Waals surface area contributed by atoms with E-state index < -0.39 is 9.84 Å². The van der Waals surface area contributed by atoms with Gasteiger partial charge in [-0.25, -0.2) is 23.2 Å². The van der Waals surface area contributed by atoms with Gasteiger partial charge in [-0.15, -0.1) is 0 Å². The summed E-state index contributed by atoms with van der Waals surface area (Å²) >= 11 is 0. The number of rotatable bonds is 4. The lowest BCUT2D eigenvalue weighted by Gasteiger charge is -2.28. The molecule has 10 nitrogen and oxygen atoms in total. The minimum absolute atomic E-state index is 0.154. The molecule has 37 heavy (non-hydrogen) atoms. The van der Waals surface area contributed by atoms with Gasteiger partial charge in [-0.2, -0.15) is 0 Å². The van der Waals surface area contributed by atoms with Gasteiger partial charge in [-0.05, 0) is 43.7 Å². The van der Waals surface area contributed by atoms with Crippen molar-refractivity contribution in [1.29, 1.82) is 0 Å². The highest BCUT2D eigenvalue weighted by atomic mass is 32.2. The van der Waals surface area contributed by atoms with Crippen LogP contribution in [0.1, 0.15) is 13.3 Å². The molecule has 0 aliphatic carbocycles. The lowest BCUT2D eigenvalue weighted by Crippen LogP contribution is -2.42. The number of benzene rings is 1. The Labute approximate surface area is 214 Å². The number of pyridine rings is 2. The van der Waals surface area contributed by atoms with Crippen LogP contribution in [0.3, 0.4) is 0 Å². The molecule has 0 unspecified atom stereocenters. The van der Waals surface area contributed by atoms with Crippen LogP contribution in [0, 0.1) is 0 Å². The molecular formula is C26H26N6O4S. The van der Waals surface area contributed by atoms with Crippen molar-refractivity contribution in [3.05, 3.63) is 67.4 Å². The van der Waals surface area contributed by atoms with Crippen LogP contribution in [0.25, 0.3) is 22.6 Å². The second-order valence-corrected chi connectivity index (χ2v) is 11.0. The van der Waals surface area contributed by atoms with Crippen LogP contribution in [0.5, 0.6) is 0 Å². The molecule has 4 heterocycles. The third kappa shape index (κ3) is 5.03. The van der Waals surface area contributed by atoms with E-state index in [-0.39, 0.29) is 17.0 Å². The van der Waals surface area contributed by atoms with Gasteiger partial charge in [-0.3, -0.25) is 9.88 Å². The molecule has 1 aliphatic heterocycles. The first kappa shape index (κ1) is 24.4. The van der Waals surface area contributed by atoms with Gasteiger partial charge in [0.2, 0.25) is 0 Å². The van der Waals surface area contributed by atoms with Gasteiger partial charge in [0.1, 0.15) is 0 Å². The number of carbonyl (C=O) groups excluding carboxylic acids is 1. The first-order valence-corrected chi connectivity index (χ1v) is 13.6. The summed E-state index contributed by atoms with van der Waals surface area (Å²) in [5.74, 6) is 1.04. The molecule has 0 radical (unpaired) electrons. The highest BCUT2D eigenvalue weighted by Gasteiger charge is 2.30. The third-order valence-corrected chi connectivity index (χ3v) is 7.41. The average Bonchev–Trinajstić information content (AvgIpc) is 3.38. The quantitative estimate of drug-likeness (QED) is 0.420. The van der Waals surface area contributed by atoms with Gasteiger partial charge in [0.05, 0.1) is 34.4 Å². The first-order valence-electron chi connectivity index (χ1n) is 11.7. The summed E-state index contributed by atoms with van der Waals surface area (Å²) in [5.41, 5.74) is 3.21. The SMILES string of the molecule is C[C@@H]1CCN(C)c2ccc(-c3cccc(S(C)(=O)=O)c3)nc2N1C(=O)Nc1cncc(-c2cnco2)c1. The number of amides is 2. The zero-order chi connectivity index (χ0) is 26.2. The van der Waals surface area contributed by atoms with Crippen LogP contribution in [-0.4, -0.2) is 55.3 Å². The maximum atomic E-state index is 13.6. The summed E-state index contributed by atoms with van der Waals surface area (Å²) in [4.78, 5) is 30.6. The van der Waals surface area contributed by atoms with Crippen molar-refractivity contribution in [1.82, 2.24) is 15.0 Å². The molecule has 0 bridgehead atoms. The van der Waals surface area contributed by atoms with E-state index in [2.05, 4.69) is 20.2 Å². The molecule has 3 aromatic heterocycles. The highest BCUT2D eigenvalue weighted by molar-refractivity contribution is 7.90. The number of nitrogens with one attached hydrogen (secondary N) is 1. The summed E-state index contributed by atoms with van der Waals surface area (Å²) in [6.07, 6.45) is 8.01. The van der Waals surface area contributed by atoms with E-state index in [9.17, 15) is 13.2 Å². The van der Waals surface area contributed by atoms with E-state index in [4.69, 9.17) is 9.40 Å². The van der Waals surface area contributed by atoms with Gasteiger partial charge in [0.15, 0.2) is 27.8 Å². The summed E-state index contributed by atoms with van der Waals surface area (Å²) in [7, 11) is -1.42. The fourth-order valence-electron chi connectivity index (χ4n) is 4.28. The van der Waals surface area contributed by atoms with Crippen molar-refractivity contribution in [2.45, 2.75) is 24.3 Å². The summed E-state index contributed by atoms with van der Waals surface area (Å²) in [6, 6.07) is 11.7. The van der Waals surface area contributed by atoms with E-state index in [1.54, 1.807) is 53.8 Å². The highest BCUT2D eigenvalue weighted by Crippen LogP contribution is 2.35. The molecule has 1 N–H and O–H groups in total. The Balaban J connectivity index is 1.52. The number of urea groups is 1. The average molecular weight is 519 g/mol. The van der Waals surface area contributed by atoms with Crippen LogP contribution < -0.4 is 15.1 Å². The van der Waals surface area contributed by atoms with Crippen LogP contribution in [0.15, 0.2) is 76.8 Å². The number of anilines is 3. The standard InChI is InChI=1S/C26H26N6O4S/c1-17-9-10-31(2)23-8-7-22(18-5-4-6-21(12-18)37(3,34)35)30-25(23)32(17)26(33)29-20-11-19(13-27-14-20)24-15-28-16-36-24/h4-8,11-17H,9-10H2,1-3H3,(H,29,33)/t17-/m1/s1. The van der Waals surface area contributed by atoms with Gasteiger partial charge in [0, 0.05) is 43.2 Å². The Kier molecular flexibility index (Phi) is 6.38. The fraction of sp³-hybridized carbons (Fsp3) is 0.231. The van der Waals surface area contributed by atoms with Crippen LogP contribution in [0.2, 0.25) is 0 Å². The van der Waals surface area contributed by atoms with Crippen LogP contribution in [0.4, 0.5) is 22.0 Å². The zero-order valence-corrected chi connectivity index (χ0v) is 21.4. The zero-order valence-electron chi connectivity index (χ0n) is 20.6. The number of carbonyl (C=O) groups is 1. The van der Waals surface area contributed by atoms with E-state index >= 15 is 0 Å². The number of aromatic nitrogens is 3. The lowest BCUT2D eigenvalue weighted by atomic mass is 10.1. The van der Waals surface area contributed by atoms with Crippen molar-refractivity contribution in [3.63, 3.8) is 0 Å². The maximum Gasteiger partial charge on any atom is 0.327 e. The number of oxazole rings is 1. The molecule has 1 aliphatic rings. The van der Waals surface area contributed by atoms with Gasteiger partial charge < -0.3 is 14.6 Å². The Hall–Kier alpha value is -4.25. The Morgan fingerprint density at radius 2 is 1.92 bits per heavy atom. The van der Waals surface area contributed by atoms with Gasteiger partial charge in [-0.1, -0.05) is 12.1 Å². The summed E-state index contributed by atoms with van der Waals surface area (Å²) in [6.45, 7) is 2.72. The monoisotopic (exact) mass is 518 g/mol. The van der Waals surface area contributed by atoms with E-state index in [1.165, 1.54) is 12.6 Å². The van der Waals surface area contributed by atoms with Crippen LogP contribution >= 0.6 is 0 Å². The Morgan fingerprint density at radius 1 is 1.08 bits per heavy atom. The van der Waals surface area contributed by atoms with Crippen molar-refractivity contribution < 1.29 is 17.6 Å². The molecule has 0 saturated heterocycles. The molecular weight excluding hydrogens is 492 g/mol. The predicted octanol–water partition coefficient (Wildman–Crippen LogP) is 4.47. The second kappa shape index (κ2) is 9.66. The van der Waals surface area contributed by atoms with Crippen molar-refractivity contribution in [3.8, 4) is 22.6 Å². The summed E-state index contributed by atoms with van der Waals surface area (Å²) < 4.78 is 29.5. The normalized spacial score (nSPS) is 15.7. The molecule has 1 atom stereocenters. The number of hydrogen-bond donors (Lipinski definition) is 1. The van der Waals surface area contributed by atoms with E-state index in [0.717, 1.165) is 18.7 Å². The first-order chi connectivity index (χ1) is 17.7. The van der Waals surface area contributed by atoms with E-state index in [1.807, 2.05) is 26.1 Å². The molecule has 0 fully saturated rings. The minimum atomic E-state index is -3.38. The second-order valence-electron chi connectivity index (χ2n) is 9.03. The maximum absolute atomic E-state index is 13.6. The molecule has 0 spiro atoms. The topological polar surface area (TPSA) is 122 Å². The summed E-state index contributed by atoms with van der Waals surface area (Å²) in [5, 5.41) is 2.94. The molecule has 2 amide bonds. The smallest absolute Gasteiger partial charge is 0.327 e. The molecule has 4 aromatic rings. The number of hydrogen-bond acceptors (Lipinski definition) is 8. The fourth-order valence-corrected chi connectivity index (χ4v) is 4.95.